The molecule has 25 heavy (non-hydrogen) atoms. The van der Waals surface area contributed by atoms with E-state index in [-0.39, 0.29) is 5.91 Å². The molecule has 0 radical (unpaired) electrons. The lowest BCUT2D eigenvalue weighted by molar-refractivity contribution is -0.151. The molecule has 2 aromatic heterocycles. The second-order valence-corrected chi connectivity index (χ2v) is 7.60. The average molecular weight is 362 g/mol. The van der Waals surface area contributed by atoms with Gasteiger partial charge in [0.25, 0.3) is 5.91 Å². The van der Waals surface area contributed by atoms with Gasteiger partial charge < -0.3 is 10.0 Å². The molecule has 0 atom stereocenters. The smallest absolute Gasteiger partial charge is 0.329 e. The van der Waals surface area contributed by atoms with Crippen molar-refractivity contribution in [2.24, 2.45) is 7.05 Å². The maximum absolute atomic E-state index is 13.0. The van der Waals surface area contributed by atoms with E-state index in [1.54, 1.807) is 24.9 Å². The lowest BCUT2D eigenvalue weighted by Gasteiger charge is -2.40. The van der Waals surface area contributed by atoms with E-state index in [0.29, 0.717) is 23.4 Å². The van der Waals surface area contributed by atoms with Crippen LogP contribution in [0.4, 0.5) is 0 Å². The average Bonchev–Trinajstić information content (AvgIpc) is 3.19. The molecule has 1 amide bonds. The Morgan fingerprint density at radius 2 is 2.00 bits per heavy atom. The molecule has 1 fully saturated rings. The van der Waals surface area contributed by atoms with E-state index in [2.05, 4.69) is 10.1 Å². The van der Waals surface area contributed by atoms with Crippen LogP contribution in [-0.2, 0) is 11.8 Å². The molecule has 0 saturated heterocycles. The quantitative estimate of drug-likeness (QED) is 0.903. The monoisotopic (exact) mass is 362 g/mol. The summed E-state index contributed by atoms with van der Waals surface area (Å²) in [5.41, 5.74) is 0.361. The first-order chi connectivity index (χ1) is 11.8. The van der Waals surface area contributed by atoms with Crippen LogP contribution in [0, 0.1) is 6.92 Å². The van der Waals surface area contributed by atoms with Crippen LogP contribution in [0.1, 0.15) is 47.5 Å². The zero-order chi connectivity index (χ0) is 18.2. The third-order valence-electron chi connectivity index (χ3n) is 4.97. The normalized spacial score (nSPS) is 16.6. The van der Waals surface area contributed by atoms with Crippen LogP contribution < -0.4 is 0 Å². The van der Waals surface area contributed by atoms with Crippen molar-refractivity contribution in [2.45, 2.75) is 44.6 Å². The summed E-state index contributed by atoms with van der Waals surface area (Å²) in [6, 6.07) is 0. The number of amides is 1. The number of likely N-dealkylation sites (N-methyl/N-ethyl adjacent to an activating group) is 1. The van der Waals surface area contributed by atoms with Gasteiger partial charge in [0.2, 0.25) is 0 Å². The number of aryl methyl sites for hydroxylation is 2. The van der Waals surface area contributed by atoms with Crippen molar-refractivity contribution in [1.82, 2.24) is 19.7 Å². The molecule has 0 aliphatic heterocycles. The van der Waals surface area contributed by atoms with Crippen molar-refractivity contribution in [3.8, 4) is 10.6 Å². The molecule has 0 spiro atoms. The van der Waals surface area contributed by atoms with Crippen LogP contribution in [0.25, 0.3) is 10.6 Å². The first-order valence-electron chi connectivity index (χ1n) is 8.33. The summed E-state index contributed by atoms with van der Waals surface area (Å²) >= 11 is 1.29. The Hall–Kier alpha value is -2.22. The van der Waals surface area contributed by atoms with E-state index >= 15 is 0 Å². The number of hydrogen-bond acceptors (Lipinski definition) is 5. The SMILES string of the molecule is Cc1nc(-c2cnn(C)c2)sc1C(=O)N(C)C1(C(=O)O)CCCCC1. The lowest BCUT2D eigenvalue weighted by atomic mass is 9.80. The van der Waals surface area contributed by atoms with Gasteiger partial charge in [0.15, 0.2) is 0 Å². The summed E-state index contributed by atoms with van der Waals surface area (Å²) in [7, 11) is 3.42. The van der Waals surface area contributed by atoms with Crippen molar-refractivity contribution < 1.29 is 14.7 Å². The van der Waals surface area contributed by atoms with Crippen LogP contribution in [0.15, 0.2) is 12.4 Å². The molecule has 1 saturated carbocycles. The highest BCUT2D eigenvalue weighted by molar-refractivity contribution is 7.17. The molecule has 0 unspecified atom stereocenters. The highest BCUT2D eigenvalue weighted by atomic mass is 32.1. The van der Waals surface area contributed by atoms with Gasteiger partial charge in [-0.15, -0.1) is 11.3 Å². The van der Waals surface area contributed by atoms with Gasteiger partial charge >= 0.3 is 5.97 Å². The summed E-state index contributed by atoms with van der Waals surface area (Å²) in [6.45, 7) is 1.78. The fraction of sp³-hybridized carbons (Fsp3) is 0.529. The molecule has 7 nitrogen and oxygen atoms in total. The predicted molar refractivity (Wildman–Crippen MR) is 94.6 cm³/mol. The molecule has 134 valence electrons. The summed E-state index contributed by atoms with van der Waals surface area (Å²) < 4.78 is 1.68. The molecule has 2 aromatic rings. The van der Waals surface area contributed by atoms with Gasteiger partial charge in [-0.3, -0.25) is 9.48 Å². The minimum absolute atomic E-state index is 0.269. The first kappa shape index (κ1) is 17.6. The van der Waals surface area contributed by atoms with Gasteiger partial charge in [-0.1, -0.05) is 19.3 Å². The van der Waals surface area contributed by atoms with Gasteiger partial charge in [0.1, 0.15) is 15.4 Å². The molecule has 1 N–H and O–H groups in total. The zero-order valence-electron chi connectivity index (χ0n) is 14.7. The maximum atomic E-state index is 13.0. The number of carboxylic acid groups (broad SMARTS) is 1. The molecule has 3 rings (SSSR count). The fourth-order valence-corrected chi connectivity index (χ4v) is 4.44. The van der Waals surface area contributed by atoms with Gasteiger partial charge in [0.05, 0.1) is 11.9 Å². The molecule has 1 aliphatic rings. The van der Waals surface area contributed by atoms with Crippen LogP contribution in [0.5, 0.6) is 0 Å². The number of thiazole rings is 1. The van der Waals surface area contributed by atoms with Gasteiger partial charge in [0, 0.05) is 25.9 Å². The van der Waals surface area contributed by atoms with E-state index in [4.69, 9.17) is 0 Å². The van der Waals surface area contributed by atoms with Crippen LogP contribution >= 0.6 is 11.3 Å². The third kappa shape index (κ3) is 3.06. The second-order valence-electron chi connectivity index (χ2n) is 6.60. The summed E-state index contributed by atoms with van der Waals surface area (Å²) in [4.78, 5) is 31.4. The number of rotatable bonds is 4. The Kier molecular flexibility index (Phi) is 4.64. The van der Waals surface area contributed by atoms with Crippen molar-refractivity contribution in [2.75, 3.05) is 7.05 Å². The maximum Gasteiger partial charge on any atom is 0.329 e. The minimum Gasteiger partial charge on any atom is -0.479 e. The number of hydrogen-bond donors (Lipinski definition) is 1. The zero-order valence-corrected chi connectivity index (χ0v) is 15.5. The third-order valence-corrected chi connectivity index (χ3v) is 6.16. The molecule has 1 aliphatic carbocycles. The largest absolute Gasteiger partial charge is 0.479 e. The number of carbonyl (C=O) groups excluding carboxylic acids is 1. The first-order valence-corrected chi connectivity index (χ1v) is 9.15. The molecule has 2 heterocycles. The molecular weight excluding hydrogens is 340 g/mol. The van der Waals surface area contributed by atoms with E-state index in [0.717, 1.165) is 29.8 Å². The number of nitrogens with zero attached hydrogens (tertiary/aromatic N) is 4. The Bertz CT molecular complexity index is 805. The van der Waals surface area contributed by atoms with Crippen molar-refractivity contribution in [3.05, 3.63) is 23.0 Å². The Morgan fingerprint density at radius 1 is 1.32 bits per heavy atom. The molecule has 0 aromatic carbocycles. The summed E-state index contributed by atoms with van der Waals surface area (Å²) in [5.74, 6) is -1.19. The second kappa shape index (κ2) is 6.59. The molecule has 0 bridgehead atoms. The molecule has 8 heteroatoms. The predicted octanol–water partition coefficient (Wildman–Crippen LogP) is 2.71. The lowest BCUT2D eigenvalue weighted by Crippen LogP contribution is -2.56. The van der Waals surface area contributed by atoms with E-state index < -0.39 is 11.5 Å². The Balaban J connectivity index is 1.92. The number of aromatic nitrogens is 3. The van der Waals surface area contributed by atoms with E-state index in [1.807, 2.05) is 13.2 Å². The van der Waals surface area contributed by atoms with Crippen LogP contribution in [0.3, 0.4) is 0 Å². The highest BCUT2D eigenvalue weighted by Crippen LogP contribution is 2.36. The van der Waals surface area contributed by atoms with E-state index in [9.17, 15) is 14.7 Å². The van der Waals surface area contributed by atoms with E-state index in [1.165, 1.54) is 16.2 Å². The summed E-state index contributed by atoms with van der Waals surface area (Å²) in [6.07, 6.45) is 7.21. The topological polar surface area (TPSA) is 88.3 Å². The standard InChI is InChI=1S/C17H22N4O3S/c1-11-13(25-14(19-11)12-9-18-20(2)10-12)15(22)21(3)17(16(23)24)7-5-4-6-8-17/h9-10H,4-8H2,1-3H3,(H,23,24). The van der Waals surface area contributed by atoms with Crippen LogP contribution in [0.2, 0.25) is 0 Å². The number of carboxylic acids is 1. The van der Waals surface area contributed by atoms with Crippen molar-refractivity contribution in [3.63, 3.8) is 0 Å². The van der Waals surface area contributed by atoms with Gasteiger partial charge in [-0.2, -0.15) is 5.10 Å². The molecular formula is C17H22N4O3S. The minimum atomic E-state index is -1.11. The Morgan fingerprint density at radius 3 is 2.56 bits per heavy atom. The number of aliphatic carboxylic acids is 1. The van der Waals surface area contributed by atoms with Crippen molar-refractivity contribution >= 4 is 23.2 Å². The van der Waals surface area contributed by atoms with Gasteiger partial charge in [-0.25, -0.2) is 9.78 Å². The van der Waals surface area contributed by atoms with Gasteiger partial charge in [-0.05, 0) is 19.8 Å². The Labute approximate surface area is 150 Å². The summed E-state index contributed by atoms with van der Waals surface area (Å²) in [5, 5.41) is 14.6. The van der Waals surface area contributed by atoms with Crippen molar-refractivity contribution in [1.29, 1.82) is 0 Å². The highest BCUT2D eigenvalue weighted by Gasteiger charge is 2.46. The number of carbonyl (C=O) groups is 2. The van der Waals surface area contributed by atoms with Crippen LogP contribution in [-0.4, -0.2) is 49.2 Å². The fourth-order valence-electron chi connectivity index (χ4n) is 3.43.